The van der Waals surface area contributed by atoms with Gasteiger partial charge in [-0.05, 0) is 25.2 Å². The van der Waals surface area contributed by atoms with Crippen LogP contribution in [0, 0.1) is 5.41 Å². The number of hydrazine groups is 1. The summed E-state index contributed by atoms with van der Waals surface area (Å²) in [6.07, 6.45) is 2.41. The van der Waals surface area contributed by atoms with Gasteiger partial charge in [0, 0.05) is 19.6 Å². The highest BCUT2D eigenvalue weighted by molar-refractivity contribution is 5.79. The molecule has 0 unspecified atom stereocenters. The minimum atomic E-state index is 0.475. The third kappa shape index (κ3) is 2.87. The maximum absolute atomic E-state index is 5.43. The van der Waals surface area contributed by atoms with Crippen molar-refractivity contribution in [2.45, 2.75) is 33.6 Å². The number of aliphatic imine (C=N–C) groups is 1. The summed E-state index contributed by atoms with van der Waals surface area (Å²) in [4.78, 5) is 6.55. The van der Waals surface area contributed by atoms with Crippen molar-refractivity contribution in [3.8, 4) is 0 Å². The summed E-state index contributed by atoms with van der Waals surface area (Å²) in [5.74, 6) is 6.27. The fourth-order valence-electron chi connectivity index (χ4n) is 1.71. The molecule has 0 bridgehead atoms. The van der Waals surface area contributed by atoms with Crippen LogP contribution < -0.4 is 11.3 Å². The van der Waals surface area contributed by atoms with Crippen molar-refractivity contribution in [2.24, 2.45) is 16.3 Å². The summed E-state index contributed by atoms with van der Waals surface area (Å²) in [5, 5.41) is 0. The number of rotatable bonds is 1. The van der Waals surface area contributed by atoms with Crippen LogP contribution in [0.3, 0.4) is 0 Å². The monoisotopic (exact) mass is 198 g/mol. The minimum Gasteiger partial charge on any atom is -0.342 e. The lowest BCUT2D eigenvalue weighted by molar-refractivity contribution is 0.185. The molecular formula is C10H22N4. The highest BCUT2D eigenvalue weighted by Crippen LogP contribution is 2.29. The van der Waals surface area contributed by atoms with Crippen LogP contribution in [0.25, 0.3) is 0 Å². The summed E-state index contributed by atoms with van der Waals surface area (Å²) in [6.45, 7) is 9.53. The predicted octanol–water partition coefficient (Wildman–Crippen LogP) is 0.948. The number of nitrogens with one attached hydrogen (secondary N) is 1. The van der Waals surface area contributed by atoms with Crippen molar-refractivity contribution in [3.63, 3.8) is 0 Å². The lowest BCUT2D eigenvalue weighted by atomic mass is 9.83. The molecule has 0 atom stereocenters. The van der Waals surface area contributed by atoms with Gasteiger partial charge in [0.05, 0.1) is 0 Å². The molecule has 0 saturated carbocycles. The van der Waals surface area contributed by atoms with E-state index in [1.807, 2.05) is 6.92 Å². The number of guanidine groups is 1. The third-order valence-corrected chi connectivity index (χ3v) is 2.85. The summed E-state index contributed by atoms with van der Waals surface area (Å²) in [7, 11) is 0. The molecule has 1 heterocycles. The molecule has 1 aliphatic heterocycles. The predicted molar refractivity (Wildman–Crippen MR) is 59.9 cm³/mol. The molecule has 1 aliphatic rings. The summed E-state index contributed by atoms with van der Waals surface area (Å²) in [6, 6.07) is 0. The van der Waals surface area contributed by atoms with Crippen LogP contribution in [0.1, 0.15) is 33.6 Å². The summed E-state index contributed by atoms with van der Waals surface area (Å²) >= 11 is 0. The Balaban J connectivity index is 2.52. The van der Waals surface area contributed by atoms with E-state index in [-0.39, 0.29) is 0 Å². The van der Waals surface area contributed by atoms with Crippen LogP contribution in [0.2, 0.25) is 0 Å². The number of likely N-dealkylation sites (tertiary alicyclic amines) is 1. The molecule has 0 aromatic heterocycles. The maximum atomic E-state index is 5.43. The molecule has 4 heteroatoms. The normalized spacial score (nSPS) is 22.3. The van der Waals surface area contributed by atoms with Gasteiger partial charge >= 0.3 is 0 Å². The van der Waals surface area contributed by atoms with Crippen LogP contribution in [-0.4, -0.2) is 30.5 Å². The molecule has 0 aromatic carbocycles. The van der Waals surface area contributed by atoms with E-state index in [4.69, 9.17) is 5.84 Å². The molecule has 4 nitrogen and oxygen atoms in total. The van der Waals surface area contributed by atoms with Gasteiger partial charge in [-0.15, -0.1) is 0 Å². The Morgan fingerprint density at radius 3 is 2.43 bits per heavy atom. The van der Waals surface area contributed by atoms with E-state index in [9.17, 15) is 0 Å². The van der Waals surface area contributed by atoms with Crippen LogP contribution in [0.15, 0.2) is 4.99 Å². The molecule has 0 aromatic rings. The van der Waals surface area contributed by atoms with Gasteiger partial charge < -0.3 is 4.90 Å². The standard InChI is InChI=1S/C10H22N4/c1-4-12-9(13-11)14-7-5-10(2,3)6-8-14/h4-8,11H2,1-3H3,(H,12,13). The second-order valence-corrected chi connectivity index (χ2v) is 4.59. The Hall–Kier alpha value is -0.770. The van der Waals surface area contributed by atoms with Crippen LogP contribution in [-0.2, 0) is 0 Å². The lowest BCUT2D eigenvalue weighted by Gasteiger charge is -2.38. The average molecular weight is 198 g/mol. The maximum Gasteiger partial charge on any atom is 0.208 e. The van der Waals surface area contributed by atoms with E-state index < -0.39 is 0 Å². The van der Waals surface area contributed by atoms with Crippen molar-refractivity contribution < 1.29 is 0 Å². The number of nitrogens with two attached hydrogens (primary N) is 1. The number of nitrogens with zero attached hydrogens (tertiary/aromatic N) is 2. The quantitative estimate of drug-likeness (QED) is 0.285. The molecule has 14 heavy (non-hydrogen) atoms. The second kappa shape index (κ2) is 4.64. The highest BCUT2D eigenvalue weighted by Gasteiger charge is 2.26. The van der Waals surface area contributed by atoms with Crippen LogP contribution >= 0.6 is 0 Å². The molecule has 1 rings (SSSR count). The van der Waals surface area contributed by atoms with E-state index in [0.29, 0.717) is 5.41 Å². The van der Waals surface area contributed by atoms with E-state index in [2.05, 4.69) is 29.2 Å². The van der Waals surface area contributed by atoms with E-state index >= 15 is 0 Å². The topological polar surface area (TPSA) is 53.6 Å². The average Bonchev–Trinajstić information content (AvgIpc) is 2.15. The van der Waals surface area contributed by atoms with E-state index in [0.717, 1.165) is 25.6 Å². The van der Waals surface area contributed by atoms with Crippen molar-refractivity contribution in [1.29, 1.82) is 0 Å². The molecule has 1 saturated heterocycles. The first-order valence-corrected chi connectivity index (χ1v) is 5.35. The Bertz CT molecular complexity index is 200. The largest absolute Gasteiger partial charge is 0.342 e. The molecule has 1 fully saturated rings. The molecule has 82 valence electrons. The van der Waals surface area contributed by atoms with Gasteiger partial charge in [0.25, 0.3) is 0 Å². The number of hydrogen-bond acceptors (Lipinski definition) is 2. The Morgan fingerprint density at radius 1 is 1.43 bits per heavy atom. The SMILES string of the molecule is CCN=C(NN)N1CCC(C)(C)CC1. The zero-order chi connectivity index (χ0) is 10.6. The molecule has 0 amide bonds. The summed E-state index contributed by atoms with van der Waals surface area (Å²) in [5.41, 5.74) is 3.15. The first kappa shape index (κ1) is 11.3. The molecule has 3 N–H and O–H groups in total. The van der Waals surface area contributed by atoms with Gasteiger partial charge in [0.2, 0.25) is 5.96 Å². The van der Waals surface area contributed by atoms with Crippen molar-refractivity contribution in [1.82, 2.24) is 10.3 Å². The van der Waals surface area contributed by atoms with Crippen molar-refractivity contribution >= 4 is 5.96 Å². The van der Waals surface area contributed by atoms with Crippen LogP contribution in [0.4, 0.5) is 0 Å². The van der Waals surface area contributed by atoms with Gasteiger partial charge in [-0.1, -0.05) is 13.8 Å². The summed E-state index contributed by atoms with van der Waals surface area (Å²) < 4.78 is 0. The fourth-order valence-corrected chi connectivity index (χ4v) is 1.71. The number of piperidine rings is 1. The molecule has 0 radical (unpaired) electrons. The minimum absolute atomic E-state index is 0.475. The fraction of sp³-hybridized carbons (Fsp3) is 0.900. The zero-order valence-electron chi connectivity index (χ0n) is 9.51. The molecule has 0 spiro atoms. The highest BCUT2D eigenvalue weighted by atomic mass is 15.4. The Kier molecular flexibility index (Phi) is 3.75. The molecular weight excluding hydrogens is 176 g/mol. The van der Waals surface area contributed by atoms with Crippen molar-refractivity contribution in [3.05, 3.63) is 0 Å². The Labute approximate surface area is 86.5 Å². The lowest BCUT2D eigenvalue weighted by Crippen LogP contribution is -2.49. The first-order chi connectivity index (χ1) is 6.59. The van der Waals surface area contributed by atoms with Gasteiger partial charge in [-0.2, -0.15) is 0 Å². The van der Waals surface area contributed by atoms with Gasteiger partial charge in [0.1, 0.15) is 0 Å². The van der Waals surface area contributed by atoms with Gasteiger partial charge in [-0.3, -0.25) is 10.4 Å². The first-order valence-electron chi connectivity index (χ1n) is 5.35. The van der Waals surface area contributed by atoms with E-state index in [1.54, 1.807) is 0 Å². The third-order valence-electron chi connectivity index (χ3n) is 2.85. The molecule has 0 aliphatic carbocycles. The number of hydrogen-bond donors (Lipinski definition) is 2. The van der Waals surface area contributed by atoms with Crippen molar-refractivity contribution in [2.75, 3.05) is 19.6 Å². The zero-order valence-corrected chi connectivity index (χ0v) is 9.51. The van der Waals surface area contributed by atoms with Gasteiger partial charge in [0.15, 0.2) is 0 Å². The van der Waals surface area contributed by atoms with Gasteiger partial charge in [-0.25, -0.2) is 5.84 Å². The van der Waals surface area contributed by atoms with E-state index in [1.165, 1.54) is 12.8 Å². The smallest absolute Gasteiger partial charge is 0.208 e. The Morgan fingerprint density at radius 2 is 2.00 bits per heavy atom. The second-order valence-electron chi connectivity index (χ2n) is 4.59. The van der Waals surface area contributed by atoms with Crippen LogP contribution in [0.5, 0.6) is 0 Å².